The second-order valence-corrected chi connectivity index (χ2v) is 12.7. The van der Waals surface area contributed by atoms with Crippen LogP contribution in [0.2, 0.25) is 0 Å². The van der Waals surface area contributed by atoms with E-state index >= 15 is 0 Å². The van der Waals surface area contributed by atoms with Crippen molar-refractivity contribution < 1.29 is 0 Å². The number of allylic oxidation sites excluding steroid dienone is 9. The average Bonchev–Trinajstić information content (AvgIpc) is 2.87. The van der Waals surface area contributed by atoms with Gasteiger partial charge in [0.1, 0.15) is 0 Å². The first-order chi connectivity index (χ1) is 18.0. The van der Waals surface area contributed by atoms with Crippen molar-refractivity contribution in [1.29, 1.82) is 0 Å². The third kappa shape index (κ3) is 5.33. The van der Waals surface area contributed by atoms with Crippen LogP contribution in [-0.2, 0) is 0 Å². The molecule has 0 nitrogen and oxygen atoms in total. The molecule has 1 unspecified atom stereocenters. The quantitative estimate of drug-likeness (QED) is 0.260. The van der Waals surface area contributed by atoms with Gasteiger partial charge in [0.15, 0.2) is 0 Å². The highest BCUT2D eigenvalue weighted by Gasteiger charge is 2.46. The first kappa shape index (κ1) is 28.2. The standard InChI is InChI=1S/C38H48/c1-10-32(33(11-2)34-15-13-12-14-27(34)5)28(6)24-29-16-21-36-37(7,8)35(22-23-38(36,9)25-29)31-19-17-30(18-20-31)26(3)4/h10-15,17-22,28-29H,3,16,23-25H2,1-2,4-9H3/b32-10-,33-11-/t28-,29?,38+/m0/s1. The van der Waals surface area contributed by atoms with Gasteiger partial charge in [-0.1, -0.05) is 118 Å². The average molecular weight is 505 g/mol. The van der Waals surface area contributed by atoms with Crippen LogP contribution >= 0.6 is 0 Å². The molecule has 4 rings (SSSR count). The molecule has 0 amide bonds. The summed E-state index contributed by atoms with van der Waals surface area (Å²) in [4.78, 5) is 0. The molecule has 0 bridgehead atoms. The first-order valence-corrected chi connectivity index (χ1v) is 14.6. The molecule has 0 radical (unpaired) electrons. The number of aryl methyl sites for hydroxylation is 1. The van der Waals surface area contributed by atoms with E-state index in [0.717, 1.165) is 12.0 Å². The minimum atomic E-state index is 0.0474. The summed E-state index contributed by atoms with van der Waals surface area (Å²) in [6, 6.07) is 17.8. The van der Waals surface area contributed by atoms with Crippen molar-refractivity contribution >= 4 is 16.7 Å². The van der Waals surface area contributed by atoms with E-state index in [0.29, 0.717) is 11.8 Å². The fraction of sp³-hybridized carbons (Fsp3) is 0.421. The number of rotatable bonds is 7. The van der Waals surface area contributed by atoms with Gasteiger partial charge >= 0.3 is 0 Å². The van der Waals surface area contributed by atoms with Crippen molar-refractivity contribution in [3.63, 3.8) is 0 Å². The van der Waals surface area contributed by atoms with E-state index in [9.17, 15) is 0 Å². The number of fused-ring (bicyclic) bond motifs is 1. The highest BCUT2D eigenvalue weighted by atomic mass is 14.5. The lowest BCUT2D eigenvalue weighted by atomic mass is 9.54. The lowest BCUT2D eigenvalue weighted by molar-refractivity contribution is 0.212. The Morgan fingerprint density at radius 1 is 1.00 bits per heavy atom. The minimum Gasteiger partial charge on any atom is -0.0955 e. The molecule has 0 aromatic heterocycles. The van der Waals surface area contributed by atoms with Crippen LogP contribution < -0.4 is 0 Å². The van der Waals surface area contributed by atoms with Crippen molar-refractivity contribution in [3.8, 4) is 0 Å². The molecule has 2 aliphatic carbocycles. The summed E-state index contributed by atoms with van der Waals surface area (Å²) in [6.45, 7) is 22.7. The minimum absolute atomic E-state index is 0.0474. The lowest BCUT2D eigenvalue weighted by Crippen LogP contribution is -2.38. The summed E-state index contributed by atoms with van der Waals surface area (Å²) >= 11 is 0. The summed E-state index contributed by atoms with van der Waals surface area (Å²) < 4.78 is 0. The van der Waals surface area contributed by atoms with Crippen LogP contribution in [0.25, 0.3) is 16.7 Å². The topological polar surface area (TPSA) is 0 Å². The second-order valence-electron chi connectivity index (χ2n) is 12.7. The Labute approximate surface area is 233 Å². The van der Waals surface area contributed by atoms with E-state index in [1.54, 1.807) is 5.57 Å². The molecule has 0 N–H and O–H groups in total. The van der Waals surface area contributed by atoms with E-state index in [2.05, 4.69) is 135 Å². The van der Waals surface area contributed by atoms with Gasteiger partial charge in [0.05, 0.1) is 0 Å². The van der Waals surface area contributed by atoms with Crippen molar-refractivity contribution in [2.24, 2.45) is 22.7 Å². The van der Waals surface area contributed by atoms with E-state index in [1.807, 2.05) is 0 Å². The Morgan fingerprint density at radius 3 is 2.29 bits per heavy atom. The highest BCUT2D eigenvalue weighted by molar-refractivity contribution is 5.81. The normalized spacial score (nSPS) is 24.3. The van der Waals surface area contributed by atoms with Gasteiger partial charge in [0, 0.05) is 5.41 Å². The van der Waals surface area contributed by atoms with Gasteiger partial charge in [0.25, 0.3) is 0 Å². The molecule has 2 aliphatic rings. The number of hydrogen-bond donors (Lipinski definition) is 0. The Kier molecular flexibility index (Phi) is 8.22. The lowest BCUT2D eigenvalue weighted by Gasteiger charge is -2.50. The molecule has 200 valence electrons. The fourth-order valence-corrected chi connectivity index (χ4v) is 7.57. The zero-order chi connectivity index (χ0) is 27.7. The van der Waals surface area contributed by atoms with E-state index in [4.69, 9.17) is 0 Å². The maximum absolute atomic E-state index is 4.11. The van der Waals surface area contributed by atoms with Crippen LogP contribution in [0.1, 0.15) is 96.4 Å². The molecule has 0 fully saturated rings. The summed E-state index contributed by atoms with van der Waals surface area (Å²) in [7, 11) is 0. The maximum atomic E-state index is 4.11. The van der Waals surface area contributed by atoms with Crippen LogP contribution in [0, 0.1) is 29.6 Å². The van der Waals surface area contributed by atoms with Gasteiger partial charge in [-0.3, -0.25) is 0 Å². The Hall–Kier alpha value is -2.86. The van der Waals surface area contributed by atoms with Crippen LogP contribution in [0.4, 0.5) is 0 Å². The molecule has 0 heteroatoms. The third-order valence-corrected chi connectivity index (χ3v) is 9.40. The van der Waals surface area contributed by atoms with Gasteiger partial charge in [-0.15, -0.1) is 0 Å². The SMILES string of the molecule is C=C(C)c1ccc(C2=CC[C@]3(C)CC(C[C@H](C)C(=C/C)/C(=C/C)c4ccccc4C)CC=C3C2(C)C)cc1. The highest BCUT2D eigenvalue weighted by Crippen LogP contribution is 2.59. The Bertz CT molecular complexity index is 1300. The smallest absolute Gasteiger partial charge is 0.0113 e. The number of benzene rings is 2. The maximum Gasteiger partial charge on any atom is 0.0113 e. The fourth-order valence-electron chi connectivity index (χ4n) is 7.57. The van der Waals surface area contributed by atoms with Crippen molar-refractivity contribution in [2.75, 3.05) is 0 Å². The van der Waals surface area contributed by atoms with Crippen LogP contribution in [-0.4, -0.2) is 0 Å². The summed E-state index contributed by atoms with van der Waals surface area (Å²) in [5.41, 5.74) is 12.7. The molecular weight excluding hydrogens is 456 g/mol. The third-order valence-electron chi connectivity index (χ3n) is 9.40. The van der Waals surface area contributed by atoms with Crippen LogP contribution in [0.5, 0.6) is 0 Å². The molecule has 2 aromatic rings. The first-order valence-electron chi connectivity index (χ1n) is 14.6. The van der Waals surface area contributed by atoms with Gasteiger partial charge in [-0.05, 0) is 110 Å². The summed E-state index contributed by atoms with van der Waals surface area (Å²) in [6.07, 6.45) is 14.7. The molecule has 0 aliphatic heterocycles. The molecular formula is C38H48. The van der Waals surface area contributed by atoms with E-state index in [-0.39, 0.29) is 10.8 Å². The van der Waals surface area contributed by atoms with Crippen molar-refractivity contribution in [3.05, 3.63) is 113 Å². The number of hydrogen-bond acceptors (Lipinski definition) is 0. The molecule has 0 saturated carbocycles. The summed E-state index contributed by atoms with van der Waals surface area (Å²) in [5, 5.41) is 0. The van der Waals surface area contributed by atoms with E-state index < -0.39 is 0 Å². The largest absolute Gasteiger partial charge is 0.0955 e. The van der Waals surface area contributed by atoms with Gasteiger partial charge in [-0.25, -0.2) is 0 Å². The molecule has 0 heterocycles. The second kappa shape index (κ2) is 11.1. The molecule has 38 heavy (non-hydrogen) atoms. The predicted molar refractivity (Wildman–Crippen MR) is 169 cm³/mol. The Balaban J connectivity index is 1.53. The molecule has 3 atom stereocenters. The van der Waals surface area contributed by atoms with Gasteiger partial charge in [0.2, 0.25) is 0 Å². The molecule has 2 aromatic carbocycles. The van der Waals surface area contributed by atoms with E-state index in [1.165, 1.54) is 58.2 Å². The van der Waals surface area contributed by atoms with Crippen molar-refractivity contribution in [1.82, 2.24) is 0 Å². The van der Waals surface area contributed by atoms with Crippen LogP contribution in [0.3, 0.4) is 0 Å². The van der Waals surface area contributed by atoms with Crippen molar-refractivity contribution in [2.45, 2.75) is 81.1 Å². The molecule has 0 spiro atoms. The van der Waals surface area contributed by atoms with Gasteiger partial charge < -0.3 is 0 Å². The predicted octanol–water partition coefficient (Wildman–Crippen LogP) is 11.3. The van der Waals surface area contributed by atoms with Crippen LogP contribution in [0.15, 0.2) is 90.6 Å². The molecule has 0 saturated heterocycles. The monoisotopic (exact) mass is 504 g/mol. The Morgan fingerprint density at radius 2 is 1.68 bits per heavy atom. The zero-order valence-corrected chi connectivity index (χ0v) is 25.1. The summed E-state index contributed by atoms with van der Waals surface area (Å²) in [5.74, 6) is 1.24. The van der Waals surface area contributed by atoms with Gasteiger partial charge in [-0.2, -0.15) is 0 Å². The zero-order valence-electron chi connectivity index (χ0n) is 25.1.